The van der Waals surface area contributed by atoms with Crippen molar-refractivity contribution >= 4 is 0 Å². The van der Waals surface area contributed by atoms with Crippen molar-refractivity contribution in [3.05, 3.63) is 52.7 Å². The SMILES string of the molecule is Cc1cc(-c2cc(CN(C)C3CCCCC3)ccn2)cc(C)c1C. The zero-order valence-electron chi connectivity index (χ0n) is 15.6. The highest BCUT2D eigenvalue weighted by atomic mass is 15.1. The normalized spacial score (nSPS) is 15.9. The van der Waals surface area contributed by atoms with Crippen molar-refractivity contribution in [1.82, 2.24) is 9.88 Å². The predicted molar refractivity (Wildman–Crippen MR) is 102 cm³/mol. The highest BCUT2D eigenvalue weighted by Gasteiger charge is 2.18. The molecule has 2 aromatic rings. The van der Waals surface area contributed by atoms with Crippen LogP contribution in [0.5, 0.6) is 0 Å². The number of aryl methyl sites for hydroxylation is 2. The summed E-state index contributed by atoms with van der Waals surface area (Å²) in [7, 11) is 2.27. The minimum Gasteiger partial charge on any atom is -0.299 e. The fourth-order valence-electron chi connectivity index (χ4n) is 3.85. The second-order valence-corrected chi connectivity index (χ2v) is 7.49. The Hall–Kier alpha value is -1.67. The van der Waals surface area contributed by atoms with E-state index in [9.17, 15) is 0 Å². The van der Waals surface area contributed by atoms with Gasteiger partial charge >= 0.3 is 0 Å². The van der Waals surface area contributed by atoms with E-state index in [2.05, 4.69) is 62.0 Å². The van der Waals surface area contributed by atoms with E-state index in [0.717, 1.165) is 18.3 Å². The first-order valence-corrected chi connectivity index (χ1v) is 9.28. The number of hydrogen-bond donors (Lipinski definition) is 0. The molecule has 128 valence electrons. The summed E-state index contributed by atoms with van der Waals surface area (Å²) < 4.78 is 0. The zero-order valence-corrected chi connectivity index (χ0v) is 15.6. The Morgan fingerprint density at radius 1 is 1.00 bits per heavy atom. The highest BCUT2D eigenvalue weighted by Crippen LogP contribution is 2.26. The molecule has 0 unspecified atom stereocenters. The van der Waals surface area contributed by atoms with Crippen LogP contribution in [-0.4, -0.2) is 23.0 Å². The zero-order chi connectivity index (χ0) is 17.1. The molecule has 0 aliphatic heterocycles. The van der Waals surface area contributed by atoms with Crippen LogP contribution in [0.2, 0.25) is 0 Å². The van der Waals surface area contributed by atoms with Gasteiger partial charge in [0.25, 0.3) is 0 Å². The molecule has 0 saturated heterocycles. The lowest BCUT2D eigenvalue weighted by molar-refractivity contribution is 0.184. The van der Waals surface area contributed by atoms with Gasteiger partial charge in [-0.25, -0.2) is 0 Å². The number of nitrogens with zero attached hydrogens (tertiary/aromatic N) is 2. The van der Waals surface area contributed by atoms with Gasteiger partial charge in [0.15, 0.2) is 0 Å². The lowest BCUT2D eigenvalue weighted by Crippen LogP contribution is -2.32. The third-order valence-corrected chi connectivity index (χ3v) is 5.68. The van der Waals surface area contributed by atoms with Gasteiger partial charge in [0, 0.05) is 24.3 Å². The minimum absolute atomic E-state index is 0.749. The van der Waals surface area contributed by atoms with Crippen LogP contribution in [0.3, 0.4) is 0 Å². The molecular weight excluding hydrogens is 292 g/mol. The first kappa shape index (κ1) is 17.2. The summed E-state index contributed by atoms with van der Waals surface area (Å²) in [6.45, 7) is 7.58. The van der Waals surface area contributed by atoms with E-state index < -0.39 is 0 Å². The third-order valence-electron chi connectivity index (χ3n) is 5.68. The molecule has 0 bridgehead atoms. The molecule has 1 heterocycles. The standard InChI is InChI=1S/C22H30N2/c1-16-12-20(13-17(2)18(16)3)22-14-19(10-11-23-22)15-24(4)21-8-6-5-7-9-21/h10-14,21H,5-9,15H2,1-4H3. The van der Waals surface area contributed by atoms with Crippen LogP contribution in [0.4, 0.5) is 0 Å². The number of aromatic nitrogens is 1. The van der Waals surface area contributed by atoms with E-state index in [1.54, 1.807) is 0 Å². The van der Waals surface area contributed by atoms with Gasteiger partial charge in [-0.05, 0) is 87.2 Å². The Bertz CT molecular complexity index is 676. The molecule has 1 aliphatic rings. The molecule has 0 N–H and O–H groups in total. The van der Waals surface area contributed by atoms with E-state index >= 15 is 0 Å². The van der Waals surface area contributed by atoms with Gasteiger partial charge in [-0.1, -0.05) is 19.3 Å². The lowest BCUT2D eigenvalue weighted by Gasteiger charge is -2.31. The van der Waals surface area contributed by atoms with Crippen LogP contribution in [0.1, 0.15) is 54.4 Å². The lowest BCUT2D eigenvalue weighted by atomic mass is 9.94. The Labute approximate surface area is 146 Å². The number of benzene rings is 1. The maximum atomic E-state index is 4.62. The van der Waals surface area contributed by atoms with Gasteiger partial charge < -0.3 is 0 Å². The smallest absolute Gasteiger partial charge is 0.0705 e. The Morgan fingerprint density at radius 2 is 1.67 bits per heavy atom. The molecular formula is C22H30N2. The maximum absolute atomic E-state index is 4.62. The minimum atomic E-state index is 0.749. The van der Waals surface area contributed by atoms with Gasteiger partial charge in [-0.2, -0.15) is 0 Å². The van der Waals surface area contributed by atoms with Crippen molar-refractivity contribution in [2.75, 3.05) is 7.05 Å². The molecule has 24 heavy (non-hydrogen) atoms. The summed E-state index contributed by atoms with van der Waals surface area (Å²) >= 11 is 0. The Kier molecular flexibility index (Phi) is 5.35. The molecule has 1 aromatic heterocycles. The monoisotopic (exact) mass is 322 g/mol. The maximum Gasteiger partial charge on any atom is 0.0705 e. The van der Waals surface area contributed by atoms with Crippen molar-refractivity contribution < 1.29 is 0 Å². The van der Waals surface area contributed by atoms with Crippen LogP contribution in [-0.2, 0) is 6.54 Å². The van der Waals surface area contributed by atoms with Gasteiger partial charge in [0.1, 0.15) is 0 Å². The molecule has 2 nitrogen and oxygen atoms in total. The molecule has 0 amide bonds. The van der Waals surface area contributed by atoms with Crippen molar-refractivity contribution in [2.24, 2.45) is 0 Å². The van der Waals surface area contributed by atoms with Crippen LogP contribution < -0.4 is 0 Å². The molecule has 0 radical (unpaired) electrons. The largest absolute Gasteiger partial charge is 0.299 e. The predicted octanol–water partition coefficient (Wildman–Crippen LogP) is 5.44. The van der Waals surface area contributed by atoms with Gasteiger partial charge in [-0.15, -0.1) is 0 Å². The summed E-state index contributed by atoms with van der Waals surface area (Å²) in [4.78, 5) is 7.15. The average molecular weight is 322 g/mol. The van der Waals surface area contributed by atoms with Crippen LogP contribution in [0.25, 0.3) is 11.3 Å². The summed E-state index contributed by atoms with van der Waals surface area (Å²) in [5.74, 6) is 0. The number of hydrogen-bond acceptors (Lipinski definition) is 2. The van der Waals surface area contributed by atoms with Crippen LogP contribution >= 0.6 is 0 Å². The van der Waals surface area contributed by atoms with Crippen molar-refractivity contribution in [3.8, 4) is 11.3 Å². The molecule has 0 atom stereocenters. The van der Waals surface area contributed by atoms with Crippen LogP contribution in [0, 0.1) is 20.8 Å². The molecule has 1 aliphatic carbocycles. The van der Waals surface area contributed by atoms with Crippen molar-refractivity contribution in [2.45, 2.75) is 65.5 Å². The molecule has 1 aromatic carbocycles. The average Bonchev–Trinajstić information content (AvgIpc) is 2.60. The fraction of sp³-hybridized carbons (Fsp3) is 0.500. The first-order chi connectivity index (χ1) is 11.5. The van der Waals surface area contributed by atoms with E-state index in [1.165, 1.54) is 59.9 Å². The second kappa shape index (κ2) is 7.48. The highest BCUT2D eigenvalue weighted by molar-refractivity contribution is 5.63. The molecule has 0 spiro atoms. The van der Waals surface area contributed by atoms with Gasteiger partial charge in [0.05, 0.1) is 5.69 Å². The molecule has 2 heteroatoms. The van der Waals surface area contributed by atoms with E-state index in [4.69, 9.17) is 0 Å². The van der Waals surface area contributed by atoms with Crippen molar-refractivity contribution in [1.29, 1.82) is 0 Å². The van der Waals surface area contributed by atoms with E-state index in [1.807, 2.05) is 6.20 Å². The quantitative estimate of drug-likeness (QED) is 0.745. The van der Waals surface area contributed by atoms with Crippen LogP contribution in [0.15, 0.2) is 30.5 Å². The Morgan fingerprint density at radius 3 is 2.33 bits per heavy atom. The molecule has 1 saturated carbocycles. The third kappa shape index (κ3) is 3.87. The van der Waals surface area contributed by atoms with E-state index in [0.29, 0.717) is 0 Å². The summed E-state index contributed by atoms with van der Waals surface area (Å²) in [6.07, 6.45) is 8.85. The summed E-state index contributed by atoms with van der Waals surface area (Å²) in [6, 6.07) is 9.71. The summed E-state index contributed by atoms with van der Waals surface area (Å²) in [5, 5.41) is 0. The molecule has 1 fully saturated rings. The fourth-order valence-corrected chi connectivity index (χ4v) is 3.85. The number of rotatable bonds is 4. The first-order valence-electron chi connectivity index (χ1n) is 9.28. The number of pyridine rings is 1. The van der Waals surface area contributed by atoms with Gasteiger partial charge in [0.2, 0.25) is 0 Å². The summed E-state index contributed by atoms with van der Waals surface area (Å²) in [5.41, 5.74) is 7.76. The molecule has 3 rings (SSSR count). The van der Waals surface area contributed by atoms with E-state index in [-0.39, 0.29) is 0 Å². The second-order valence-electron chi connectivity index (χ2n) is 7.49. The van der Waals surface area contributed by atoms with Crippen molar-refractivity contribution in [3.63, 3.8) is 0 Å². The topological polar surface area (TPSA) is 16.1 Å². The Balaban J connectivity index is 1.79. The van der Waals surface area contributed by atoms with Gasteiger partial charge in [-0.3, -0.25) is 9.88 Å².